The average molecular weight is 386 g/mol. The van der Waals surface area contributed by atoms with E-state index < -0.39 is 30.7 Å². The number of carbonyl (C=O) groups excluding carboxylic acids is 1. The molecule has 1 unspecified atom stereocenters. The summed E-state index contributed by atoms with van der Waals surface area (Å²) in [4.78, 5) is 17.6. The van der Waals surface area contributed by atoms with Crippen LogP contribution in [0.15, 0.2) is 23.6 Å². The molecule has 0 spiro atoms. The SMILES string of the molecule is O=C(c1csc(-c2ccc3c(c2)OCO3)n1)N1CCC(O)(C(F)(F)F)C1. The van der Waals surface area contributed by atoms with Gasteiger partial charge in [-0.25, -0.2) is 4.98 Å². The predicted octanol–water partition coefficient (Wildman–Crippen LogP) is 2.68. The fourth-order valence-corrected chi connectivity index (χ4v) is 3.69. The zero-order chi connectivity index (χ0) is 18.5. The molecule has 2 aromatic rings. The van der Waals surface area contributed by atoms with Crippen LogP contribution in [0.4, 0.5) is 13.2 Å². The number of β-amino-alcohol motifs (C(OH)–C–C–N with tert-alkyl or cyclic N) is 1. The monoisotopic (exact) mass is 386 g/mol. The smallest absolute Gasteiger partial charge is 0.419 e. The van der Waals surface area contributed by atoms with Crippen molar-refractivity contribution in [1.29, 1.82) is 0 Å². The highest BCUT2D eigenvalue weighted by Crippen LogP contribution is 2.39. The number of carbonyl (C=O) groups is 1. The van der Waals surface area contributed by atoms with Gasteiger partial charge in [0.15, 0.2) is 17.1 Å². The van der Waals surface area contributed by atoms with Gasteiger partial charge in [0.1, 0.15) is 10.7 Å². The summed E-state index contributed by atoms with van der Waals surface area (Å²) in [5, 5.41) is 11.7. The van der Waals surface area contributed by atoms with Crippen LogP contribution in [0, 0.1) is 0 Å². The van der Waals surface area contributed by atoms with E-state index in [1.807, 2.05) is 0 Å². The molecule has 1 N–H and O–H groups in total. The zero-order valence-corrected chi connectivity index (χ0v) is 14.1. The van der Waals surface area contributed by atoms with Crippen LogP contribution in [0.3, 0.4) is 0 Å². The van der Waals surface area contributed by atoms with Crippen molar-refractivity contribution < 1.29 is 32.5 Å². The summed E-state index contributed by atoms with van der Waals surface area (Å²) in [5.41, 5.74) is -2.10. The number of rotatable bonds is 2. The normalized spacial score (nSPS) is 22.1. The minimum Gasteiger partial charge on any atom is -0.454 e. The second kappa shape index (κ2) is 5.85. The van der Waals surface area contributed by atoms with Crippen molar-refractivity contribution in [3.8, 4) is 22.1 Å². The third kappa shape index (κ3) is 2.78. The molecule has 1 amide bonds. The Morgan fingerprint density at radius 3 is 2.81 bits per heavy atom. The molecule has 26 heavy (non-hydrogen) atoms. The lowest BCUT2D eigenvalue weighted by molar-refractivity contribution is -0.253. The summed E-state index contributed by atoms with van der Waals surface area (Å²) in [7, 11) is 0. The number of nitrogens with zero attached hydrogens (tertiary/aromatic N) is 2. The standard InChI is InChI=1S/C16H13F3N2O4S/c17-16(18,19)15(23)3-4-21(7-15)14(22)10-6-26-13(20-10)9-1-2-11-12(5-9)25-8-24-11/h1-2,5-6,23H,3-4,7-8H2. The van der Waals surface area contributed by atoms with Gasteiger partial charge in [0.05, 0.1) is 6.54 Å². The zero-order valence-electron chi connectivity index (χ0n) is 13.2. The number of fused-ring (bicyclic) bond motifs is 1. The van der Waals surface area contributed by atoms with Crippen LogP contribution in [0.2, 0.25) is 0 Å². The molecule has 0 radical (unpaired) electrons. The van der Waals surface area contributed by atoms with E-state index in [4.69, 9.17) is 9.47 Å². The van der Waals surface area contributed by atoms with E-state index in [2.05, 4.69) is 4.98 Å². The van der Waals surface area contributed by atoms with Crippen LogP contribution >= 0.6 is 11.3 Å². The first kappa shape index (κ1) is 17.1. The van der Waals surface area contributed by atoms with E-state index in [-0.39, 0.29) is 19.0 Å². The van der Waals surface area contributed by atoms with Gasteiger partial charge in [-0.3, -0.25) is 4.79 Å². The molecular weight excluding hydrogens is 373 g/mol. The van der Waals surface area contributed by atoms with E-state index in [1.165, 1.54) is 16.7 Å². The molecule has 4 rings (SSSR count). The molecule has 0 saturated carbocycles. The van der Waals surface area contributed by atoms with Gasteiger partial charge in [-0.1, -0.05) is 0 Å². The highest BCUT2D eigenvalue weighted by Gasteiger charge is 2.57. The number of aliphatic hydroxyl groups is 1. The Hall–Kier alpha value is -2.33. The Balaban J connectivity index is 1.52. The van der Waals surface area contributed by atoms with Crippen LogP contribution in [-0.4, -0.2) is 52.6 Å². The number of ether oxygens (including phenoxy) is 2. The number of halogens is 3. The largest absolute Gasteiger partial charge is 0.454 e. The van der Waals surface area contributed by atoms with Gasteiger partial charge in [0, 0.05) is 23.9 Å². The molecule has 138 valence electrons. The Labute approximate surface area is 149 Å². The van der Waals surface area contributed by atoms with Crippen LogP contribution in [0.25, 0.3) is 10.6 Å². The van der Waals surface area contributed by atoms with E-state index in [9.17, 15) is 23.1 Å². The molecule has 10 heteroatoms. The van der Waals surface area contributed by atoms with Crippen molar-refractivity contribution >= 4 is 17.2 Å². The Kier molecular flexibility index (Phi) is 3.85. The molecule has 1 aromatic heterocycles. The molecule has 0 aliphatic carbocycles. The van der Waals surface area contributed by atoms with Gasteiger partial charge < -0.3 is 19.5 Å². The molecule has 1 saturated heterocycles. The highest BCUT2D eigenvalue weighted by atomic mass is 32.1. The molecule has 0 bridgehead atoms. The number of likely N-dealkylation sites (tertiary alicyclic amines) is 1. The maximum absolute atomic E-state index is 12.9. The minimum absolute atomic E-state index is 0.0501. The number of amides is 1. The van der Waals surface area contributed by atoms with Crippen LogP contribution in [0.5, 0.6) is 11.5 Å². The highest BCUT2D eigenvalue weighted by molar-refractivity contribution is 7.13. The van der Waals surface area contributed by atoms with Gasteiger partial charge in [-0.15, -0.1) is 11.3 Å². The maximum atomic E-state index is 12.9. The number of benzene rings is 1. The van der Waals surface area contributed by atoms with Crippen molar-refractivity contribution in [2.45, 2.75) is 18.2 Å². The molecule has 1 fully saturated rings. The molecule has 3 heterocycles. The van der Waals surface area contributed by atoms with Crippen molar-refractivity contribution in [1.82, 2.24) is 9.88 Å². The number of hydrogen-bond donors (Lipinski definition) is 1. The number of aromatic nitrogens is 1. The Morgan fingerprint density at radius 2 is 2.08 bits per heavy atom. The third-order valence-corrected chi connectivity index (χ3v) is 5.30. The lowest BCUT2D eigenvalue weighted by Crippen LogP contribution is -2.48. The van der Waals surface area contributed by atoms with Crippen molar-refractivity contribution in [3.05, 3.63) is 29.3 Å². The molecule has 1 aromatic carbocycles. The first-order valence-corrected chi connectivity index (χ1v) is 8.59. The quantitative estimate of drug-likeness (QED) is 0.859. The summed E-state index contributed by atoms with van der Waals surface area (Å²) < 4.78 is 49.2. The molecule has 6 nitrogen and oxygen atoms in total. The summed E-state index contributed by atoms with van der Waals surface area (Å²) in [6.45, 7) is -0.824. The van der Waals surface area contributed by atoms with Gasteiger partial charge in [-0.05, 0) is 18.2 Å². The second-order valence-electron chi connectivity index (χ2n) is 6.11. The van der Waals surface area contributed by atoms with Crippen molar-refractivity contribution in [2.24, 2.45) is 0 Å². The van der Waals surface area contributed by atoms with Gasteiger partial charge in [0.2, 0.25) is 6.79 Å². The number of thiazole rings is 1. The minimum atomic E-state index is -4.78. The van der Waals surface area contributed by atoms with Crippen molar-refractivity contribution in [3.63, 3.8) is 0 Å². The summed E-state index contributed by atoms with van der Waals surface area (Å²) in [6, 6.07) is 5.22. The van der Waals surface area contributed by atoms with Crippen molar-refractivity contribution in [2.75, 3.05) is 19.9 Å². The van der Waals surface area contributed by atoms with Crippen LogP contribution in [0.1, 0.15) is 16.9 Å². The van der Waals surface area contributed by atoms with Crippen LogP contribution < -0.4 is 9.47 Å². The molecule has 2 aliphatic rings. The van der Waals surface area contributed by atoms with Gasteiger partial charge in [-0.2, -0.15) is 13.2 Å². The first-order valence-electron chi connectivity index (χ1n) is 7.71. The molecular formula is C16H13F3N2O4S. The van der Waals surface area contributed by atoms with E-state index >= 15 is 0 Å². The lowest BCUT2D eigenvalue weighted by Gasteiger charge is -2.25. The molecule has 2 aliphatic heterocycles. The van der Waals surface area contributed by atoms with E-state index in [0.29, 0.717) is 22.1 Å². The third-order valence-electron chi connectivity index (χ3n) is 4.41. The number of alkyl halides is 3. The van der Waals surface area contributed by atoms with Gasteiger partial charge >= 0.3 is 6.18 Å². The lowest BCUT2D eigenvalue weighted by atomic mass is 10.0. The fourth-order valence-electron chi connectivity index (χ4n) is 2.89. The average Bonchev–Trinajstić information content (AvgIpc) is 3.32. The van der Waals surface area contributed by atoms with Crippen LogP contribution in [-0.2, 0) is 0 Å². The van der Waals surface area contributed by atoms with E-state index in [1.54, 1.807) is 18.2 Å². The summed E-state index contributed by atoms with van der Waals surface area (Å²) in [5.74, 6) is 0.555. The molecule has 1 atom stereocenters. The van der Waals surface area contributed by atoms with E-state index in [0.717, 1.165) is 4.90 Å². The fraction of sp³-hybridized carbons (Fsp3) is 0.375. The summed E-state index contributed by atoms with van der Waals surface area (Å²) in [6.07, 6.45) is -5.32. The first-order chi connectivity index (χ1) is 12.3. The number of hydrogen-bond acceptors (Lipinski definition) is 6. The summed E-state index contributed by atoms with van der Waals surface area (Å²) >= 11 is 1.20. The topological polar surface area (TPSA) is 71.9 Å². The Bertz CT molecular complexity index is 869. The Morgan fingerprint density at radius 1 is 1.31 bits per heavy atom. The second-order valence-corrected chi connectivity index (χ2v) is 6.97. The maximum Gasteiger partial charge on any atom is 0.419 e. The predicted molar refractivity (Wildman–Crippen MR) is 85.2 cm³/mol. The van der Waals surface area contributed by atoms with Gasteiger partial charge in [0.25, 0.3) is 5.91 Å².